The number of anilines is 1. The summed E-state index contributed by atoms with van der Waals surface area (Å²) in [7, 11) is 0. The van der Waals surface area contributed by atoms with Gasteiger partial charge in [0.25, 0.3) is 0 Å². The molecule has 18 heavy (non-hydrogen) atoms. The fourth-order valence-electron chi connectivity index (χ4n) is 1.75. The van der Waals surface area contributed by atoms with Gasteiger partial charge in [-0.1, -0.05) is 13.8 Å². The van der Waals surface area contributed by atoms with Crippen LogP contribution >= 0.6 is 0 Å². The molecule has 0 radical (unpaired) electrons. The van der Waals surface area contributed by atoms with Crippen LogP contribution in [0.2, 0.25) is 0 Å². The van der Waals surface area contributed by atoms with Crippen LogP contribution < -0.4 is 11.1 Å². The molecule has 0 saturated heterocycles. The number of aromatic nitrogens is 1. The Morgan fingerprint density at radius 1 is 1.28 bits per heavy atom. The zero-order valence-corrected chi connectivity index (χ0v) is 10.5. The molecule has 0 amide bonds. The van der Waals surface area contributed by atoms with Crippen molar-refractivity contribution in [2.75, 3.05) is 11.9 Å². The summed E-state index contributed by atoms with van der Waals surface area (Å²) in [6, 6.07) is 2.29. The van der Waals surface area contributed by atoms with Crippen LogP contribution in [0.4, 0.5) is 19.0 Å². The molecule has 3 N–H and O–H groups in total. The van der Waals surface area contributed by atoms with Crippen molar-refractivity contribution >= 4 is 5.82 Å². The monoisotopic (exact) mass is 261 g/mol. The molecule has 1 heterocycles. The molecule has 0 bridgehead atoms. The van der Waals surface area contributed by atoms with Gasteiger partial charge >= 0.3 is 6.18 Å². The molecule has 3 nitrogen and oxygen atoms in total. The molecule has 102 valence electrons. The lowest BCUT2D eigenvalue weighted by Gasteiger charge is -2.33. The van der Waals surface area contributed by atoms with E-state index < -0.39 is 17.3 Å². The number of alkyl halides is 3. The third-order valence-electron chi connectivity index (χ3n) is 3.24. The number of rotatable bonds is 5. The highest BCUT2D eigenvalue weighted by Crippen LogP contribution is 2.35. The van der Waals surface area contributed by atoms with Gasteiger partial charge in [-0.15, -0.1) is 0 Å². The molecular formula is C12H18F3N3. The van der Waals surface area contributed by atoms with Crippen LogP contribution in [0.15, 0.2) is 18.3 Å². The standard InChI is InChI=1S/C12H18F3N3/c1-3-11(4-2,8-16)18-10-9(12(13,14)15)6-5-7-17-10/h5-7H,3-4,8,16H2,1-2H3,(H,17,18). The van der Waals surface area contributed by atoms with Crippen molar-refractivity contribution in [1.82, 2.24) is 4.98 Å². The molecule has 1 aromatic rings. The summed E-state index contributed by atoms with van der Waals surface area (Å²) < 4.78 is 38.5. The second-order valence-corrected chi connectivity index (χ2v) is 4.21. The third kappa shape index (κ3) is 3.13. The molecule has 6 heteroatoms. The lowest BCUT2D eigenvalue weighted by molar-refractivity contribution is -0.137. The lowest BCUT2D eigenvalue weighted by atomic mass is 9.92. The van der Waals surface area contributed by atoms with Gasteiger partial charge in [-0.3, -0.25) is 0 Å². The first-order valence-electron chi connectivity index (χ1n) is 5.89. The molecule has 0 fully saturated rings. The van der Waals surface area contributed by atoms with Gasteiger partial charge in [-0.05, 0) is 25.0 Å². The van der Waals surface area contributed by atoms with E-state index in [4.69, 9.17) is 5.73 Å². The Morgan fingerprint density at radius 3 is 2.33 bits per heavy atom. The van der Waals surface area contributed by atoms with Gasteiger partial charge in [0.15, 0.2) is 0 Å². The molecule has 1 rings (SSSR count). The van der Waals surface area contributed by atoms with Crippen LogP contribution in [0, 0.1) is 0 Å². The average Bonchev–Trinajstić information content (AvgIpc) is 2.35. The summed E-state index contributed by atoms with van der Waals surface area (Å²) in [6.45, 7) is 4.03. The van der Waals surface area contributed by atoms with E-state index in [-0.39, 0.29) is 12.4 Å². The quantitative estimate of drug-likeness (QED) is 0.856. The van der Waals surface area contributed by atoms with Gasteiger partial charge in [-0.2, -0.15) is 13.2 Å². The maximum absolute atomic E-state index is 12.8. The molecule has 0 aliphatic rings. The number of nitrogens with zero attached hydrogens (tertiary/aromatic N) is 1. The van der Waals surface area contributed by atoms with Crippen molar-refractivity contribution in [1.29, 1.82) is 0 Å². The van der Waals surface area contributed by atoms with Gasteiger partial charge in [0.1, 0.15) is 5.82 Å². The van der Waals surface area contributed by atoms with Crippen LogP contribution in [0.25, 0.3) is 0 Å². The first-order valence-corrected chi connectivity index (χ1v) is 5.89. The highest BCUT2D eigenvalue weighted by atomic mass is 19.4. The van der Waals surface area contributed by atoms with E-state index in [1.54, 1.807) is 0 Å². The minimum atomic E-state index is -4.42. The Kier molecular flexibility index (Phi) is 4.56. The largest absolute Gasteiger partial charge is 0.419 e. The Morgan fingerprint density at radius 2 is 1.89 bits per heavy atom. The molecule has 0 saturated carbocycles. The van der Waals surface area contributed by atoms with Crippen molar-refractivity contribution < 1.29 is 13.2 Å². The fraction of sp³-hybridized carbons (Fsp3) is 0.583. The first kappa shape index (κ1) is 14.8. The van der Waals surface area contributed by atoms with Crippen LogP contribution in [0.3, 0.4) is 0 Å². The van der Waals surface area contributed by atoms with E-state index in [0.717, 1.165) is 6.07 Å². The number of hydrogen-bond acceptors (Lipinski definition) is 3. The number of halogens is 3. The van der Waals surface area contributed by atoms with E-state index in [1.165, 1.54) is 12.3 Å². The summed E-state index contributed by atoms with van der Waals surface area (Å²) in [5.41, 5.74) is 4.36. The lowest BCUT2D eigenvalue weighted by Crippen LogP contribution is -2.45. The first-order chi connectivity index (χ1) is 8.38. The molecule has 0 aliphatic heterocycles. The average molecular weight is 261 g/mol. The smallest absolute Gasteiger partial charge is 0.363 e. The number of hydrogen-bond donors (Lipinski definition) is 2. The number of nitrogens with one attached hydrogen (secondary N) is 1. The van der Waals surface area contributed by atoms with Crippen LogP contribution in [0.1, 0.15) is 32.3 Å². The van der Waals surface area contributed by atoms with Crippen LogP contribution in [-0.2, 0) is 6.18 Å². The fourth-order valence-corrected chi connectivity index (χ4v) is 1.75. The van der Waals surface area contributed by atoms with Gasteiger partial charge in [0, 0.05) is 12.7 Å². The Bertz CT molecular complexity index is 378. The van der Waals surface area contributed by atoms with Gasteiger partial charge in [0.2, 0.25) is 0 Å². The van der Waals surface area contributed by atoms with Crippen LogP contribution in [-0.4, -0.2) is 17.1 Å². The van der Waals surface area contributed by atoms with Crippen molar-refractivity contribution in [2.24, 2.45) is 5.73 Å². The molecule has 0 aliphatic carbocycles. The maximum Gasteiger partial charge on any atom is 0.419 e. The predicted octanol–water partition coefficient (Wildman–Crippen LogP) is 3.03. The summed E-state index contributed by atoms with van der Waals surface area (Å²) in [4.78, 5) is 3.79. The summed E-state index contributed by atoms with van der Waals surface area (Å²) in [5.74, 6) is -0.154. The number of nitrogens with two attached hydrogens (primary N) is 1. The summed E-state index contributed by atoms with van der Waals surface area (Å²) in [5, 5.41) is 2.86. The maximum atomic E-state index is 12.8. The molecule has 1 aromatic heterocycles. The molecule has 0 atom stereocenters. The van der Waals surface area contributed by atoms with E-state index in [0.29, 0.717) is 12.8 Å². The van der Waals surface area contributed by atoms with E-state index in [2.05, 4.69) is 10.3 Å². The van der Waals surface area contributed by atoms with Gasteiger partial charge in [0.05, 0.1) is 11.1 Å². The number of pyridine rings is 1. The Balaban J connectivity index is 3.11. The SMILES string of the molecule is CCC(CC)(CN)Nc1ncccc1C(F)(F)F. The topological polar surface area (TPSA) is 50.9 Å². The minimum Gasteiger partial charge on any atom is -0.363 e. The molecule has 0 aromatic carbocycles. The van der Waals surface area contributed by atoms with E-state index in [1.807, 2.05) is 13.8 Å². The minimum absolute atomic E-state index is 0.154. The third-order valence-corrected chi connectivity index (χ3v) is 3.24. The highest BCUT2D eigenvalue weighted by Gasteiger charge is 2.36. The van der Waals surface area contributed by atoms with Gasteiger partial charge < -0.3 is 11.1 Å². The predicted molar refractivity (Wildman–Crippen MR) is 65.2 cm³/mol. The highest BCUT2D eigenvalue weighted by molar-refractivity contribution is 5.47. The normalized spacial score (nSPS) is 12.6. The Hall–Kier alpha value is -1.30. The molecular weight excluding hydrogens is 243 g/mol. The Labute approximate surface area is 105 Å². The summed E-state index contributed by atoms with van der Waals surface area (Å²) in [6.07, 6.45) is -1.82. The zero-order valence-electron chi connectivity index (χ0n) is 10.5. The van der Waals surface area contributed by atoms with E-state index in [9.17, 15) is 13.2 Å². The van der Waals surface area contributed by atoms with Crippen molar-refractivity contribution in [2.45, 2.75) is 38.4 Å². The molecule has 0 unspecified atom stereocenters. The van der Waals surface area contributed by atoms with E-state index >= 15 is 0 Å². The molecule has 0 spiro atoms. The second-order valence-electron chi connectivity index (χ2n) is 4.21. The zero-order chi connectivity index (χ0) is 13.8. The van der Waals surface area contributed by atoms with Crippen molar-refractivity contribution in [3.63, 3.8) is 0 Å². The van der Waals surface area contributed by atoms with Crippen LogP contribution in [0.5, 0.6) is 0 Å². The van der Waals surface area contributed by atoms with Crippen molar-refractivity contribution in [3.05, 3.63) is 23.9 Å². The van der Waals surface area contributed by atoms with Gasteiger partial charge in [-0.25, -0.2) is 4.98 Å². The van der Waals surface area contributed by atoms with Crippen molar-refractivity contribution in [3.8, 4) is 0 Å². The summed E-state index contributed by atoms with van der Waals surface area (Å²) >= 11 is 0. The second kappa shape index (κ2) is 5.56.